The molecule has 2 heterocycles. The van der Waals surface area contributed by atoms with Crippen molar-refractivity contribution in [2.45, 2.75) is 17.3 Å². The summed E-state index contributed by atoms with van der Waals surface area (Å²) in [4.78, 5) is 12.2. The van der Waals surface area contributed by atoms with Crippen molar-refractivity contribution in [3.63, 3.8) is 0 Å². The second-order valence-electron chi connectivity index (χ2n) is 4.63. The molecule has 1 aromatic carbocycles. The minimum absolute atomic E-state index is 0.162. The number of rotatable bonds is 4. The first-order chi connectivity index (χ1) is 10.6. The molecule has 9 heteroatoms. The molecule has 1 atom stereocenters. The normalized spacial score (nSPS) is 14.4. The fourth-order valence-corrected chi connectivity index (χ4v) is 2.64. The molecule has 0 aliphatic carbocycles. The topological polar surface area (TPSA) is 104 Å². The number of anilines is 1. The third-order valence-corrected chi connectivity index (χ3v) is 4.07. The Morgan fingerprint density at radius 3 is 2.91 bits per heavy atom. The van der Waals surface area contributed by atoms with Crippen LogP contribution in [0.4, 0.5) is 5.69 Å². The van der Waals surface area contributed by atoms with Gasteiger partial charge in [0.25, 0.3) is 0 Å². The van der Waals surface area contributed by atoms with Crippen LogP contribution in [0, 0.1) is 0 Å². The molecule has 0 spiro atoms. The number of carbonyl (C=O) groups is 1. The lowest BCUT2D eigenvalue weighted by atomic mass is 10.2. The SMILES string of the molecule is C[C@H](Sc1nncn1N)C(=O)Nc1ccc2c(c1)OCCO2. The summed E-state index contributed by atoms with van der Waals surface area (Å²) in [5.41, 5.74) is 0.649. The van der Waals surface area contributed by atoms with Crippen LogP contribution in [0.25, 0.3) is 0 Å². The average molecular weight is 321 g/mol. The van der Waals surface area contributed by atoms with Crippen molar-refractivity contribution in [2.24, 2.45) is 0 Å². The van der Waals surface area contributed by atoms with Gasteiger partial charge in [-0.1, -0.05) is 11.8 Å². The van der Waals surface area contributed by atoms with E-state index < -0.39 is 0 Å². The van der Waals surface area contributed by atoms with E-state index in [2.05, 4.69) is 15.5 Å². The van der Waals surface area contributed by atoms with Gasteiger partial charge in [0.2, 0.25) is 11.1 Å². The Bertz CT molecular complexity index is 690. The smallest absolute Gasteiger partial charge is 0.237 e. The summed E-state index contributed by atoms with van der Waals surface area (Å²) in [5, 5.41) is 10.4. The van der Waals surface area contributed by atoms with Crippen molar-refractivity contribution in [1.29, 1.82) is 0 Å². The number of nitrogens with one attached hydrogen (secondary N) is 1. The molecule has 8 nitrogen and oxygen atoms in total. The van der Waals surface area contributed by atoms with Gasteiger partial charge in [0.05, 0.1) is 5.25 Å². The Balaban J connectivity index is 1.65. The first-order valence-electron chi connectivity index (χ1n) is 6.66. The van der Waals surface area contributed by atoms with Crippen LogP contribution in [-0.4, -0.2) is 39.2 Å². The minimum Gasteiger partial charge on any atom is -0.486 e. The van der Waals surface area contributed by atoms with Gasteiger partial charge in [-0.15, -0.1) is 10.2 Å². The summed E-state index contributed by atoms with van der Waals surface area (Å²) in [6.07, 6.45) is 1.38. The molecule has 1 aromatic heterocycles. The van der Waals surface area contributed by atoms with E-state index in [9.17, 15) is 4.79 Å². The number of fused-ring (bicyclic) bond motifs is 1. The third-order valence-electron chi connectivity index (χ3n) is 3.00. The van der Waals surface area contributed by atoms with Crippen molar-refractivity contribution in [1.82, 2.24) is 14.9 Å². The van der Waals surface area contributed by atoms with Crippen LogP contribution in [0.15, 0.2) is 29.7 Å². The van der Waals surface area contributed by atoms with Gasteiger partial charge in [-0.25, -0.2) is 4.68 Å². The van der Waals surface area contributed by atoms with E-state index in [0.717, 1.165) is 0 Å². The quantitative estimate of drug-likeness (QED) is 0.636. The monoisotopic (exact) mass is 321 g/mol. The van der Waals surface area contributed by atoms with Crippen LogP contribution in [-0.2, 0) is 4.79 Å². The number of hydrogen-bond acceptors (Lipinski definition) is 7. The number of nitrogens with zero attached hydrogens (tertiary/aromatic N) is 3. The first-order valence-corrected chi connectivity index (χ1v) is 7.54. The zero-order chi connectivity index (χ0) is 15.5. The highest BCUT2D eigenvalue weighted by molar-refractivity contribution is 8.00. The molecule has 3 rings (SSSR count). The van der Waals surface area contributed by atoms with E-state index >= 15 is 0 Å². The first kappa shape index (κ1) is 14.5. The van der Waals surface area contributed by atoms with Crippen molar-refractivity contribution < 1.29 is 14.3 Å². The van der Waals surface area contributed by atoms with Gasteiger partial charge < -0.3 is 20.6 Å². The maximum atomic E-state index is 12.2. The molecule has 0 bridgehead atoms. The van der Waals surface area contributed by atoms with Crippen LogP contribution in [0.5, 0.6) is 11.5 Å². The summed E-state index contributed by atoms with van der Waals surface area (Å²) in [6.45, 7) is 2.81. The molecule has 1 aliphatic heterocycles. The second-order valence-corrected chi connectivity index (χ2v) is 5.94. The summed E-state index contributed by atoms with van der Waals surface area (Å²) in [5.74, 6) is 6.78. The predicted octanol–water partition coefficient (Wildman–Crippen LogP) is 0.882. The molecule has 2 aromatic rings. The van der Waals surface area contributed by atoms with E-state index in [1.807, 2.05) is 0 Å². The number of aromatic nitrogens is 3. The summed E-state index contributed by atoms with van der Waals surface area (Å²) >= 11 is 1.23. The summed E-state index contributed by atoms with van der Waals surface area (Å²) in [6, 6.07) is 5.29. The molecule has 0 fully saturated rings. The Morgan fingerprint density at radius 2 is 2.18 bits per heavy atom. The Labute approximate surface area is 131 Å². The average Bonchev–Trinajstić information content (AvgIpc) is 2.92. The van der Waals surface area contributed by atoms with Gasteiger partial charge in [-0.05, 0) is 19.1 Å². The number of ether oxygens (including phenoxy) is 2. The third kappa shape index (κ3) is 3.08. The number of carbonyl (C=O) groups excluding carboxylic acids is 1. The maximum Gasteiger partial charge on any atom is 0.237 e. The van der Waals surface area contributed by atoms with Gasteiger partial charge in [-0.3, -0.25) is 4.79 Å². The van der Waals surface area contributed by atoms with Gasteiger partial charge >= 0.3 is 0 Å². The minimum atomic E-state index is -0.375. The number of nitrogens with two attached hydrogens (primary N) is 1. The number of benzene rings is 1. The molecule has 0 saturated heterocycles. The van der Waals surface area contributed by atoms with Crippen LogP contribution in [0.3, 0.4) is 0 Å². The van der Waals surface area contributed by atoms with Gasteiger partial charge in [0.1, 0.15) is 19.5 Å². The lowest BCUT2D eigenvalue weighted by Crippen LogP contribution is -2.23. The van der Waals surface area contributed by atoms with E-state index in [4.69, 9.17) is 15.3 Å². The molecule has 1 amide bonds. The van der Waals surface area contributed by atoms with Gasteiger partial charge in [0.15, 0.2) is 11.5 Å². The number of thioether (sulfide) groups is 1. The predicted molar refractivity (Wildman–Crippen MR) is 81.6 cm³/mol. The molecule has 3 N–H and O–H groups in total. The zero-order valence-electron chi connectivity index (χ0n) is 11.9. The Kier molecular flexibility index (Phi) is 4.05. The standard InChI is InChI=1S/C13H15N5O3S/c1-8(22-13-17-15-7-18(13)14)12(19)16-9-2-3-10-11(6-9)21-5-4-20-10/h2-3,6-8H,4-5,14H2,1H3,(H,16,19)/t8-/m0/s1. The lowest BCUT2D eigenvalue weighted by Gasteiger charge is -2.19. The van der Waals surface area contributed by atoms with Crippen LogP contribution in [0.2, 0.25) is 0 Å². The van der Waals surface area contributed by atoms with E-state index in [1.54, 1.807) is 25.1 Å². The summed E-state index contributed by atoms with van der Waals surface area (Å²) < 4.78 is 12.2. The van der Waals surface area contributed by atoms with E-state index in [-0.39, 0.29) is 11.2 Å². The number of hydrogen-bond donors (Lipinski definition) is 2. The maximum absolute atomic E-state index is 12.2. The molecular formula is C13H15N5O3S. The number of nitrogen functional groups attached to an aromatic ring is 1. The van der Waals surface area contributed by atoms with Crippen molar-refractivity contribution in [2.75, 3.05) is 24.4 Å². The molecule has 0 unspecified atom stereocenters. The van der Waals surface area contributed by atoms with Crippen molar-refractivity contribution in [3.05, 3.63) is 24.5 Å². The summed E-state index contributed by atoms with van der Waals surface area (Å²) in [7, 11) is 0. The second kappa shape index (κ2) is 6.14. The Morgan fingerprint density at radius 1 is 1.41 bits per heavy atom. The molecule has 22 heavy (non-hydrogen) atoms. The number of amides is 1. The molecule has 0 radical (unpaired) electrons. The fraction of sp³-hybridized carbons (Fsp3) is 0.308. The van der Waals surface area contributed by atoms with Gasteiger partial charge in [-0.2, -0.15) is 0 Å². The molecule has 0 saturated carbocycles. The zero-order valence-corrected chi connectivity index (χ0v) is 12.7. The van der Waals surface area contributed by atoms with Crippen LogP contribution < -0.4 is 20.6 Å². The van der Waals surface area contributed by atoms with Crippen LogP contribution in [0.1, 0.15) is 6.92 Å². The molecule has 116 valence electrons. The van der Waals surface area contributed by atoms with Gasteiger partial charge in [0, 0.05) is 11.8 Å². The van der Waals surface area contributed by atoms with E-state index in [1.165, 1.54) is 22.8 Å². The van der Waals surface area contributed by atoms with Crippen molar-refractivity contribution in [3.8, 4) is 11.5 Å². The Hall–Kier alpha value is -2.42. The van der Waals surface area contributed by atoms with Crippen LogP contribution >= 0.6 is 11.8 Å². The highest BCUT2D eigenvalue weighted by Gasteiger charge is 2.19. The lowest BCUT2D eigenvalue weighted by molar-refractivity contribution is -0.115. The van der Waals surface area contributed by atoms with Crippen molar-refractivity contribution >= 4 is 23.4 Å². The molecule has 1 aliphatic rings. The van der Waals surface area contributed by atoms with E-state index in [0.29, 0.717) is 35.6 Å². The highest BCUT2D eigenvalue weighted by atomic mass is 32.2. The largest absolute Gasteiger partial charge is 0.486 e. The highest BCUT2D eigenvalue weighted by Crippen LogP contribution is 2.32. The molecular weight excluding hydrogens is 306 g/mol. The fourth-order valence-electron chi connectivity index (χ4n) is 1.89.